The number of aliphatic carboxylic acids is 1. The SMILES string of the molecule is Cc1ccc(C(=O)c2ccccc2C(=O)NCC(C)CC(=O)O)cc1. The summed E-state index contributed by atoms with van der Waals surface area (Å²) in [6.45, 7) is 3.92. The molecule has 5 nitrogen and oxygen atoms in total. The highest BCUT2D eigenvalue weighted by molar-refractivity contribution is 6.15. The standard InChI is InChI=1S/C20H21NO4/c1-13-7-9-15(10-8-13)19(24)16-5-3-4-6-17(16)20(25)21-12-14(2)11-18(22)23/h3-10,14H,11-12H2,1-2H3,(H,21,25)(H,22,23). The summed E-state index contributed by atoms with van der Waals surface area (Å²) in [5, 5.41) is 11.5. The van der Waals surface area contributed by atoms with E-state index >= 15 is 0 Å². The van der Waals surface area contributed by atoms with E-state index in [2.05, 4.69) is 5.32 Å². The molecular weight excluding hydrogens is 318 g/mol. The van der Waals surface area contributed by atoms with Gasteiger partial charge in [-0.2, -0.15) is 0 Å². The van der Waals surface area contributed by atoms with E-state index in [9.17, 15) is 14.4 Å². The Morgan fingerprint density at radius 3 is 2.20 bits per heavy atom. The lowest BCUT2D eigenvalue weighted by atomic mass is 9.97. The second kappa shape index (κ2) is 8.24. The fourth-order valence-corrected chi connectivity index (χ4v) is 2.47. The maximum absolute atomic E-state index is 12.7. The van der Waals surface area contributed by atoms with Gasteiger partial charge in [0.1, 0.15) is 0 Å². The molecule has 130 valence electrons. The molecule has 2 rings (SSSR count). The highest BCUT2D eigenvalue weighted by Crippen LogP contribution is 2.16. The van der Waals surface area contributed by atoms with Crippen LogP contribution in [0.2, 0.25) is 0 Å². The van der Waals surface area contributed by atoms with Crippen molar-refractivity contribution in [3.63, 3.8) is 0 Å². The van der Waals surface area contributed by atoms with Gasteiger partial charge in [-0.1, -0.05) is 55.0 Å². The van der Waals surface area contributed by atoms with Crippen molar-refractivity contribution in [1.82, 2.24) is 5.32 Å². The van der Waals surface area contributed by atoms with Crippen molar-refractivity contribution < 1.29 is 19.5 Å². The molecule has 2 aromatic carbocycles. The molecule has 0 bridgehead atoms. The number of rotatable bonds is 7. The predicted molar refractivity (Wildman–Crippen MR) is 94.8 cm³/mol. The molecule has 25 heavy (non-hydrogen) atoms. The van der Waals surface area contributed by atoms with Gasteiger partial charge >= 0.3 is 5.97 Å². The molecule has 2 N–H and O–H groups in total. The summed E-state index contributed by atoms with van der Waals surface area (Å²) in [4.78, 5) is 35.8. The molecule has 0 saturated carbocycles. The number of ketones is 1. The van der Waals surface area contributed by atoms with Crippen molar-refractivity contribution in [2.24, 2.45) is 5.92 Å². The third-order valence-electron chi connectivity index (χ3n) is 3.86. The number of nitrogens with one attached hydrogen (secondary N) is 1. The van der Waals surface area contributed by atoms with Gasteiger partial charge in [0, 0.05) is 24.1 Å². The molecule has 0 aliphatic heterocycles. The first kappa shape index (κ1) is 18.4. The van der Waals surface area contributed by atoms with E-state index in [0.717, 1.165) is 5.56 Å². The molecule has 0 aliphatic carbocycles. The number of carbonyl (C=O) groups excluding carboxylic acids is 2. The molecule has 0 radical (unpaired) electrons. The summed E-state index contributed by atoms with van der Waals surface area (Å²) >= 11 is 0. The Kier molecular flexibility index (Phi) is 6.06. The predicted octanol–water partition coefficient (Wildman–Crippen LogP) is 3.07. The van der Waals surface area contributed by atoms with E-state index in [0.29, 0.717) is 11.1 Å². The molecule has 2 aromatic rings. The smallest absolute Gasteiger partial charge is 0.303 e. The van der Waals surface area contributed by atoms with Gasteiger partial charge in [-0.25, -0.2) is 0 Å². The van der Waals surface area contributed by atoms with E-state index in [4.69, 9.17) is 5.11 Å². The second-order valence-corrected chi connectivity index (χ2v) is 6.15. The Balaban J connectivity index is 2.17. The van der Waals surface area contributed by atoms with Crippen molar-refractivity contribution in [2.45, 2.75) is 20.3 Å². The average molecular weight is 339 g/mol. The van der Waals surface area contributed by atoms with Gasteiger partial charge in [-0.15, -0.1) is 0 Å². The zero-order valence-corrected chi connectivity index (χ0v) is 14.3. The molecule has 5 heteroatoms. The summed E-state index contributed by atoms with van der Waals surface area (Å²) in [6.07, 6.45) is -0.0236. The van der Waals surface area contributed by atoms with Crippen molar-refractivity contribution in [1.29, 1.82) is 0 Å². The first-order valence-corrected chi connectivity index (χ1v) is 8.09. The molecule has 0 aromatic heterocycles. The Morgan fingerprint density at radius 1 is 1.00 bits per heavy atom. The van der Waals surface area contributed by atoms with Crippen LogP contribution in [0.15, 0.2) is 48.5 Å². The number of carboxylic acid groups (broad SMARTS) is 1. The topological polar surface area (TPSA) is 83.5 Å². The van der Waals surface area contributed by atoms with Gasteiger partial charge < -0.3 is 10.4 Å². The number of aryl methyl sites for hydroxylation is 1. The molecule has 0 fully saturated rings. The third-order valence-corrected chi connectivity index (χ3v) is 3.86. The first-order valence-electron chi connectivity index (χ1n) is 8.09. The van der Waals surface area contributed by atoms with Crippen LogP contribution >= 0.6 is 0 Å². The maximum atomic E-state index is 12.7. The van der Waals surface area contributed by atoms with Crippen LogP contribution in [-0.2, 0) is 4.79 Å². The molecular formula is C20H21NO4. The lowest BCUT2D eigenvalue weighted by Crippen LogP contribution is -2.30. The van der Waals surface area contributed by atoms with Crippen LogP contribution in [0.1, 0.15) is 45.2 Å². The van der Waals surface area contributed by atoms with E-state index in [1.54, 1.807) is 43.3 Å². The molecule has 1 amide bonds. The van der Waals surface area contributed by atoms with Gasteiger partial charge in [0.25, 0.3) is 5.91 Å². The maximum Gasteiger partial charge on any atom is 0.303 e. The number of hydrogen-bond donors (Lipinski definition) is 2. The number of amides is 1. The normalized spacial score (nSPS) is 11.6. The molecule has 1 unspecified atom stereocenters. The van der Waals surface area contributed by atoms with Crippen LogP contribution < -0.4 is 5.32 Å². The van der Waals surface area contributed by atoms with Gasteiger partial charge in [0.15, 0.2) is 5.78 Å². The Bertz CT molecular complexity index is 781. The minimum absolute atomic E-state index is 0.0236. The summed E-state index contributed by atoms with van der Waals surface area (Å²) in [6, 6.07) is 13.8. The van der Waals surface area contributed by atoms with Crippen LogP contribution in [0, 0.1) is 12.8 Å². The summed E-state index contributed by atoms with van der Waals surface area (Å²) < 4.78 is 0. The van der Waals surface area contributed by atoms with Gasteiger partial charge in [0.2, 0.25) is 0 Å². The summed E-state index contributed by atoms with van der Waals surface area (Å²) in [5.74, 6) is -1.70. The Hall–Kier alpha value is -2.95. The van der Waals surface area contributed by atoms with Gasteiger partial charge in [-0.05, 0) is 18.9 Å². The van der Waals surface area contributed by atoms with Crippen molar-refractivity contribution in [3.8, 4) is 0 Å². The zero-order chi connectivity index (χ0) is 18.4. The quantitative estimate of drug-likeness (QED) is 0.760. The van der Waals surface area contributed by atoms with E-state index in [1.165, 1.54) is 0 Å². The summed E-state index contributed by atoms with van der Waals surface area (Å²) in [5.41, 5.74) is 2.19. The van der Waals surface area contributed by atoms with Crippen LogP contribution in [0.5, 0.6) is 0 Å². The minimum atomic E-state index is -0.906. The fraction of sp³-hybridized carbons (Fsp3) is 0.250. The van der Waals surface area contributed by atoms with E-state index in [1.807, 2.05) is 19.1 Å². The number of carboxylic acids is 1. The lowest BCUT2D eigenvalue weighted by molar-refractivity contribution is -0.137. The van der Waals surface area contributed by atoms with Crippen LogP contribution in [-0.4, -0.2) is 29.3 Å². The Morgan fingerprint density at radius 2 is 1.60 bits per heavy atom. The average Bonchev–Trinajstić information content (AvgIpc) is 2.59. The van der Waals surface area contributed by atoms with Crippen LogP contribution in [0.4, 0.5) is 0 Å². The zero-order valence-electron chi connectivity index (χ0n) is 14.3. The highest BCUT2D eigenvalue weighted by Gasteiger charge is 2.18. The van der Waals surface area contributed by atoms with Crippen LogP contribution in [0.3, 0.4) is 0 Å². The van der Waals surface area contributed by atoms with E-state index in [-0.39, 0.29) is 36.1 Å². The molecule has 0 aliphatic rings. The molecule has 0 spiro atoms. The Labute approximate surface area is 146 Å². The molecule has 1 atom stereocenters. The van der Waals surface area contributed by atoms with E-state index < -0.39 is 5.97 Å². The lowest BCUT2D eigenvalue weighted by Gasteiger charge is -2.12. The van der Waals surface area contributed by atoms with Crippen LogP contribution in [0.25, 0.3) is 0 Å². The third kappa shape index (κ3) is 5.01. The molecule has 0 saturated heterocycles. The number of hydrogen-bond acceptors (Lipinski definition) is 3. The number of benzene rings is 2. The minimum Gasteiger partial charge on any atom is -0.481 e. The van der Waals surface area contributed by atoms with Crippen molar-refractivity contribution in [3.05, 3.63) is 70.8 Å². The monoisotopic (exact) mass is 339 g/mol. The molecule has 0 heterocycles. The highest BCUT2D eigenvalue weighted by atomic mass is 16.4. The van der Waals surface area contributed by atoms with Gasteiger partial charge in [-0.3, -0.25) is 14.4 Å². The fourth-order valence-electron chi connectivity index (χ4n) is 2.47. The van der Waals surface area contributed by atoms with Gasteiger partial charge in [0.05, 0.1) is 5.56 Å². The van der Waals surface area contributed by atoms with Crippen molar-refractivity contribution in [2.75, 3.05) is 6.54 Å². The second-order valence-electron chi connectivity index (χ2n) is 6.15. The largest absolute Gasteiger partial charge is 0.481 e. The van der Waals surface area contributed by atoms with Crippen molar-refractivity contribution >= 4 is 17.7 Å². The first-order chi connectivity index (χ1) is 11.9. The summed E-state index contributed by atoms with van der Waals surface area (Å²) in [7, 11) is 0. The number of carbonyl (C=O) groups is 3.